The van der Waals surface area contributed by atoms with Crippen LogP contribution in [-0.4, -0.2) is 18.6 Å². The number of ether oxygens (including phenoxy) is 1. The number of carbonyl (C=O) groups is 1. The molecule has 0 aromatic heterocycles. The number of rotatable bonds is 3. The lowest BCUT2D eigenvalue weighted by atomic mass is 10.0. The van der Waals surface area contributed by atoms with Crippen LogP contribution in [-0.2, 0) is 4.74 Å². The second kappa shape index (κ2) is 6.09. The number of hydrogen-bond donors (Lipinski definition) is 0. The lowest BCUT2D eigenvalue weighted by Crippen LogP contribution is -2.07. The maximum atomic E-state index is 12.8. The Morgan fingerprint density at radius 3 is 2.40 bits per heavy atom. The highest BCUT2D eigenvalue weighted by molar-refractivity contribution is 8.00. The fourth-order valence-electron chi connectivity index (χ4n) is 1.39. The minimum atomic E-state index is -4.83. The van der Waals surface area contributed by atoms with Gasteiger partial charge in [0.15, 0.2) is 0 Å². The molecule has 3 nitrogen and oxygen atoms in total. The average molecular weight is 311 g/mol. The van der Waals surface area contributed by atoms with Crippen molar-refractivity contribution in [3.63, 3.8) is 0 Å². The maximum absolute atomic E-state index is 12.8. The second-order valence-corrected chi connectivity index (χ2v) is 4.49. The van der Waals surface area contributed by atoms with E-state index in [4.69, 9.17) is 5.26 Å². The van der Waals surface area contributed by atoms with Crippen molar-refractivity contribution in [3.8, 4) is 6.07 Å². The van der Waals surface area contributed by atoms with Crippen LogP contribution < -0.4 is 0 Å². The van der Waals surface area contributed by atoms with E-state index >= 15 is 0 Å². The van der Waals surface area contributed by atoms with Crippen LogP contribution in [0.5, 0.6) is 0 Å². The second-order valence-electron chi connectivity index (χ2n) is 3.39. The summed E-state index contributed by atoms with van der Waals surface area (Å²) in [5.41, 5.74) is -6.98. The molecule has 0 aliphatic carbocycles. The fourth-order valence-corrected chi connectivity index (χ4v) is 2.13. The number of thioether (sulfide) groups is 1. The number of hydrogen-bond acceptors (Lipinski definition) is 4. The van der Waals surface area contributed by atoms with Gasteiger partial charge in [-0.05, 0) is 23.9 Å². The van der Waals surface area contributed by atoms with Gasteiger partial charge in [-0.3, -0.25) is 0 Å². The molecule has 0 heterocycles. The molecule has 0 bridgehead atoms. The third kappa shape index (κ3) is 3.84. The lowest BCUT2D eigenvalue weighted by Gasteiger charge is -2.13. The minimum absolute atomic E-state index is 0.403. The summed E-state index contributed by atoms with van der Waals surface area (Å²) in [5, 5.41) is 8.74. The van der Waals surface area contributed by atoms with Gasteiger partial charge in [0.2, 0.25) is 0 Å². The molecule has 0 N–H and O–H groups in total. The monoisotopic (exact) mass is 311 g/mol. The topological polar surface area (TPSA) is 50.1 Å². The molecular formula is C11H6F5NO2S. The molecule has 0 unspecified atom stereocenters. The number of nitriles is 1. The standard InChI is InChI=1S/C11H6F5NO2S/c1-19-10(18)5-2-6(4-17)8(9(12)13)7(3-5)20-11(14,15)16/h2-3,9H,1H3. The zero-order valence-electron chi connectivity index (χ0n) is 9.79. The van der Waals surface area contributed by atoms with E-state index in [9.17, 15) is 26.7 Å². The summed E-state index contributed by atoms with van der Waals surface area (Å²) in [5.74, 6) is -1.02. The van der Waals surface area contributed by atoms with Crippen molar-refractivity contribution in [1.82, 2.24) is 0 Å². The summed E-state index contributed by atoms with van der Waals surface area (Å²) in [6.45, 7) is 0. The molecule has 0 aliphatic heterocycles. The molecule has 20 heavy (non-hydrogen) atoms. The molecule has 0 atom stereocenters. The molecule has 0 aliphatic rings. The van der Waals surface area contributed by atoms with Crippen LogP contribution in [0.15, 0.2) is 17.0 Å². The number of esters is 1. The van der Waals surface area contributed by atoms with E-state index in [1.807, 2.05) is 0 Å². The molecule has 9 heteroatoms. The first-order valence-electron chi connectivity index (χ1n) is 4.90. The molecule has 1 aromatic carbocycles. The van der Waals surface area contributed by atoms with Gasteiger partial charge < -0.3 is 4.74 Å². The van der Waals surface area contributed by atoms with Gasteiger partial charge in [0, 0.05) is 10.5 Å². The predicted molar refractivity (Wildman–Crippen MR) is 59.4 cm³/mol. The molecule has 0 saturated carbocycles. The zero-order valence-corrected chi connectivity index (χ0v) is 10.6. The third-order valence-corrected chi connectivity index (χ3v) is 2.92. The van der Waals surface area contributed by atoms with E-state index in [-0.39, 0.29) is 0 Å². The highest BCUT2D eigenvalue weighted by atomic mass is 32.2. The van der Waals surface area contributed by atoms with E-state index in [1.165, 1.54) is 6.07 Å². The highest BCUT2D eigenvalue weighted by Crippen LogP contribution is 2.42. The van der Waals surface area contributed by atoms with Crippen LogP contribution in [0.25, 0.3) is 0 Å². The van der Waals surface area contributed by atoms with E-state index in [0.717, 1.165) is 13.2 Å². The van der Waals surface area contributed by atoms with E-state index < -0.39 is 51.3 Å². The van der Waals surface area contributed by atoms with Gasteiger partial charge in [0.05, 0.1) is 24.3 Å². The first-order valence-corrected chi connectivity index (χ1v) is 5.71. The Kier molecular flexibility index (Phi) is 4.94. The summed E-state index contributed by atoms with van der Waals surface area (Å²) in [6, 6.07) is 2.76. The molecule has 0 radical (unpaired) electrons. The van der Waals surface area contributed by atoms with Gasteiger partial charge in [0.1, 0.15) is 0 Å². The Morgan fingerprint density at radius 1 is 1.40 bits per heavy atom. The summed E-state index contributed by atoms with van der Waals surface area (Å²) in [6.07, 6.45) is -3.28. The van der Waals surface area contributed by atoms with Gasteiger partial charge in [-0.15, -0.1) is 0 Å². The van der Waals surface area contributed by atoms with Gasteiger partial charge in [-0.2, -0.15) is 18.4 Å². The Bertz CT molecular complexity index is 565. The third-order valence-electron chi connectivity index (χ3n) is 2.13. The molecule has 0 saturated heterocycles. The first-order chi connectivity index (χ1) is 9.19. The number of carbonyl (C=O) groups excluding carboxylic acids is 1. The Labute approximate surface area is 114 Å². The summed E-state index contributed by atoms with van der Waals surface area (Å²) >= 11 is -0.812. The average Bonchev–Trinajstić information content (AvgIpc) is 2.34. The number of halogens is 5. The quantitative estimate of drug-likeness (QED) is 0.483. The fraction of sp³-hybridized carbons (Fsp3) is 0.273. The van der Waals surface area contributed by atoms with E-state index in [2.05, 4.69) is 4.74 Å². The summed E-state index contributed by atoms with van der Waals surface area (Å²) in [7, 11) is 0.978. The first kappa shape index (κ1) is 16.2. The number of nitrogens with zero attached hydrogens (tertiary/aromatic N) is 1. The number of benzene rings is 1. The number of methoxy groups -OCH3 is 1. The smallest absolute Gasteiger partial charge is 0.446 e. The molecule has 1 aromatic rings. The van der Waals surface area contributed by atoms with Crippen molar-refractivity contribution >= 4 is 17.7 Å². The highest BCUT2D eigenvalue weighted by Gasteiger charge is 2.33. The summed E-state index contributed by atoms with van der Waals surface area (Å²) < 4.78 is 67.0. The van der Waals surface area contributed by atoms with Gasteiger partial charge in [-0.1, -0.05) is 0 Å². The molecule has 0 amide bonds. The summed E-state index contributed by atoms with van der Waals surface area (Å²) in [4.78, 5) is 10.4. The largest absolute Gasteiger partial charge is 0.465 e. The van der Waals surface area contributed by atoms with Crippen LogP contribution in [0.4, 0.5) is 22.0 Å². The van der Waals surface area contributed by atoms with Crippen LogP contribution >= 0.6 is 11.8 Å². The molecule has 0 spiro atoms. The van der Waals surface area contributed by atoms with Crippen LogP contribution in [0.1, 0.15) is 27.9 Å². The minimum Gasteiger partial charge on any atom is -0.465 e. The molecule has 108 valence electrons. The normalized spacial score (nSPS) is 11.3. The van der Waals surface area contributed by atoms with Gasteiger partial charge in [-0.25, -0.2) is 13.6 Å². The van der Waals surface area contributed by atoms with Crippen molar-refractivity contribution in [2.45, 2.75) is 16.8 Å². The van der Waals surface area contributed by atoms with E-state index in [0.29, 0.717) is 6.07 Å². The zero-order chi connectivity index (χ0) is 15.5. The Morgan fingerprint density at radius 2 is 2.00 bits per heavy atom. The van der Waals surface area contributed by atoms with Crippen molar-refractivity contribution in [2.75, 3.05) is 7.11 Å². The van der Waals surface area contributed by atoms with Crippen molar-refractivity contribution < 1.29 is 31.5 Å². The van der Waals surface area contributed by atoms with Crippen molar-refractivity contribution in [1.29, 1.82) is 5.26 Å². The SMILES string of the molecule is COC(=O)c1cc(C#N)c(C(F)F)c(SC(F)(F)F)c1. The van der Waals surface area contributed by atoms with Crippen molar-refractivity contribution in [2.24, 2.45) is 0 Å². The van der Waals surface area contributed by atoms with Crippen LogP contribution in [0.2, 0.25) is 0 Å². The Balaban J connectivity index is 3.50. The van der Waals surface area contributed by atoms with Crippen LogP contribution in [0.3, 0.4) is 0 Å². The molecule has 0 fully saturated rings. The molecule has 1 rings (SSSR count). The van der Waals surface area contributed by atoms with Gasteiger partial charge >= 0.3 is 11.5 Å². The number of alkyl halides is 5. The van der Waals surface area contributed by atoms with E-state index in [1.54, 1.807) is 0 Å². The van der Waals surface area contributed by atoms with Crippen molar-refractivity contribution in [3.05, 3.63) is 28.8 Å². The van der Waals surface area contributed by atoms with Crippen LogP contribution in [0, 0.1) is 11.3 Å². The predicted octanol–water partition coefficient (Wildman–Crippen LogP) is 3.89. The molecular weight excluding hydrogens is 305 g/mol. The lowest BCUT2D eigenvalue weighted by molar-refractivity contribution is -0.0329. The van der Waals surface area contributed by atoms with Gasteiger partial charge in [0.25, 0.3) is 6.43 Å². The Hall–Kier alpha value is -1.82. The maximum Gasteiger partial charge on any atom is 0.446 e.